The third-order valence-corrected chi connectivity index (χ3v) is 4.44. The number of hydrogen-bond acceptors (Lipinski definition) is 6. The van der Waals surface area contributed by atoms with Crippen molar-refractivity contribution in [1.82, 2.24) is 14.4 Å². The highest BCUT2D eigenvalue weighted by Crippen LogP contribution is 2.21. The molecule has 0 unspecified atom stereocenters. The molecule has 9 heteroatoms. The molecular weight excluding hydrogens is 421 g/mol. The number of Topliss-reactive ketones (excluding diaryl/α,β-unsaturated/α-hetero) is 1. The van der Waals surface area contributed by atoms with Crippen molar-refractivity contribution in [3.8, 4) is 0 Å². The van der Waals surface area contributed by atoms with Crippen LogP contribution in [0, 0.1) is 5.82 Å². The molecule has 2 aromatic heterocycles. The molecule has 0 aliphatic heterocycles. The van der Waals surface area contributed by atoms with Gasteiger partial charge in [0.1, 0.15) is 24.2 Å². The Hall–Kier alpha value is -2.20. The fraction of sp³-hybridized carbons (Fsp3) is 0.278. The monoisotopic (exact) mass is 437 g/mol. The van der Waals surface area contributed by atoms with Gasteiger partial charge < -0.3 is 14.9 Å². The number of ether oxygens (including phenoxy) is 1. The summed E-state index contributed by atoms with van der Waals surface area (Å²) in [5, 5.41) is 18.1. The molecule has 2 N–H and O–H groups in total. The lowest BCUT2D eigenvalue weighted by Crippen LogP contribution is -2.23. The van der Waals surface area contributed by atoms with Crippen LogP contribution in [-0.4, -0.2) is 56.3 Å². The summed E-state index contributed by atoms with van der Waals surface area (Å²) < 4.78 is 21.7. The number of fused-ring (bicyclic) bond motifs is 1. The molecule has 0 saturated heterocycles. The SMILES string of the molecule is O=C(COC[C@H](O)CO)c1ncc2cncn2c1Cc1ccc(Br)cc1F. The molecule has 27 heavy (non-hydrogen) atoms. The molecule has 0 fully saturated rings. The first kappa shape index (κ1) is 19.6. The van der Waals surface area contributed by atoms with Crippen LogP contribution in [0.1, 0.15) is 21.7 Å². The van der Waals surface area contributed by atoms with Gasteiger partial charge in [0.25, 0.3) is 0 Å². The number of imidazole rings is 1. The number of carbonyl (C=O) groups is 1. The Kier molecular flexibility index (Phi) is 6.27. The van der Waals surface area contributed by atoms with Gasteiger partial charge in [-0.25, -0.2) is 14.4 Å². The van der Waals surface area contributed by atoms with Crippen LogP contribution >= 0.6 is 15.9 Å². The first-order chi connectivity index (χ1) is 13.0. The van der Waals surface area contributed by atoms with E-state index in [0.29, 0.717) is 21.2 Å². The predicted molar refractivity (Wildman–Crippen MR) is 98.1 cm³/mol. The first-order valence-corrected chi connectivity index (χ1v) is 8.92. The topological polar surface area (TPSA) is 97.0 Å². The van der Waals surface area contributed by atoms with Crippen LogP contribution in [0.3, 0.4) is 0 Å². The van der Waals surface area contributed by atoms with E-state index in [1.807, 2.05) is 0 Å². The summed E-state index contributed by atoms with van der Waals surface area (Å²) in [6, 6.07) is 4.72. The molecule has 2 heterocycles. The van der Waals surface area contributed by atoms with Gasteiger partial charge in [-0.15, -0.1) is 0 Å². The van der Waals surface area contributed by atoms with Crippen molar-refractivity contribution in [2.24, 2.45) is 0 Å². The number of halogens is 2. The molecule has 0 aliphatic rings. The third kappa shape index (κ3) is 4.56. The minimum absolute atomic E-state index is 0.139. The van der Waals surface area contributed by atoms with Crippen LogP contribution < -0.4 is 0 Å². The molecule has 1 atom stereocenters. The van der Waals surface area contributed by atoms with E-state index >= 15 is 0 Å². The number of rotatable bonds is 8. The van der Waals surface area contributed by atoms with E-state index in [1.54, 1.807) is 22.7 Å². The lowest BCUT2D eigenvalue weighted by atomic mass is 10.1. The third-order valence-electron chi connectivity index (χ3n) is 3.95. The summed E-state index contributed by atoms with van der Waals surface area (Å²) in [5.74, 6) is -0.814. The number of carbonyl (C=O) groups excluding carboxylic acids is 1. The number of aromatic nitrogens is 3. The molecule has 0 radical (unpaired) electrons. The van der Waals surface area contributed by atoms with Gasteiger partial charge >= 0.3 is 0 Å². The zero-order valence-electron chi connectivity index (χ0n) is 14.2. The number of aliphatic hydroxyl groups excluding tert-OH is 2. The van der Waals surface area contributed by atoms with Crippen molar-refractivity contribution >= 4 is 27.2 Å². The Morgan fingerprint density at radius 2 is 2.19 bits per heavy atom. The maximum atomic E-state index is 14.3. The molecular formula is C18H17BrFN3O4. The van der Waals surface area contributed by atoms with Crippen LogP contribution in [0.25, 0.3) is 5.52 Å². The van der Waals surface area contributed by atoms with Gasteiger partial charge in [0, 0.05) is 10.9 Å². The van der Waals surface area contributed by atoms with Gasteiger partial charge in [0.2, 0.25) is 5.78 Å². The largest absolute Gasteiger partial charge is 0.394 e. The quantitative estimate of drug-likeness (QED) is 0.521. The Labute approximate surface area is 162 Å². The average Bonchev–Trinajstić information content (AvgIpc) is 3.12. The summed E-state index contributed by atoms with van der Waals surface area (Å²) in [5.41, 5.74) is 1.71. The smallest absolute Gasteiger partial charge is 0.208 e. The fourth-order valence-corrected chi connectivity index (χ4v) is 2.93. The zero-order valence-corrected chi connectivity index (χ0v) is 15.8. The van der Waals surface area contributed by atoms with E-state index in [1.165, 1.54) is 18.6 Å². The minimum Gasteiger partial charge on any atom is -0.394 e. The van der Waals surface area contributed by atoms with E-state index in [0.717, 1.165) is 0 Å². The van der Waals surface area contributed by atoms with E-state index < -0.39 is 24.3 Å². The van der Waals surface area contributed by atoms with E-state index in [9.17, 15) is 14.3 Å². The van der Waals surface area contributed by atoms with Crippen LogP contribution in [0.4, 0.5) is 4.39 Å². The summed E-state index contributed by atoms with van der Waals surface area (Å²) in [6.07, 6.45) is 3.72. The Balaban J connectivity index is 1.91. The van der Waals surface area contributed by atoms with Crippen molar-refractivity contribution in [1.29, 1.82) is 0 Å². The van der Waals surface area contributed by atoms with E-state index in [2.05, 4.69) is 25.9 Å². The Bertz CT molecular complexity index is 963. The van der Waals surface area contributed by atoms with Crippen LogP contribution in [-0.2, 0) is 11.2 Å². The van der Waals surface area contributed by atoms with Crippen LogP contribution in [0.2, 0.25) is 0 Å². The summed E-state index contributed by atoms with van der Waals surface area (Å²) in [4.78, 5) is 20.8. The summed E-state index contributed by atoms with van der Waals surface area (Å²) in [6.45, 7) is -0.951. The molecule has 3 aromatic rings. The van der Waals surface area contributed by atoms with Gasteiger partial charge in [0.15, 0.2) is 0 Å². The highest BCUT2D eigenvalue weighted by Gasteiger charge is 2.19. The van der Waals surface area contributed by atoms with Crippen LogP contribution in [0.5, 0.6) is 0 Å². The molecule has 1 aromatic carbocycles. The number of aliphatic hydroxyl groups is 2. The first-order valence-electron chi connectivity index (χ1n) is 8.13. The predicted octanol–water partition coefficient (Wildman–Crippen LogP) is 1.77. The van der Waals surface area contributed by atoms with Gasteiger partial charge in [-0.2, -0.15) is 0 Å². The summed E-state index contributed by atoms with van der Waals surface area (Å²) in [7, 11) is 0. The Morgan fingerprint density at radius 1 is 1.37 bits per heavy atom. The van der Waals surface area contributed by atoms with Gasteiger partial charge in [0.05, 0.1) is 43.1 Å². The van der Waals surface area contributed by atoms with Gasteiger partial charge in [-0.1, -0.05) is 22.0 Å². The second-order valence-corrected chi connectivity index (χ2v) is 6.84. The van der Waals surface area contributed by atoms with Crippen LogP contribution in [0.15, 0.2) is 41.4 Å². The molecule has 0 bridgehead atoms. The average molecular weight is 438 g/mol. The van der Waals surface area contributed by atoms with Crippen molar-refractivity contribution in [3.05, 3.63) is 64.2 Å². The molecule has 3 rings (SSSR count). The molecule has 0 saturated carbocycles. The lowest BCUT2D eigenvalue weighted by Gasteiger charge is -2.13. The van der Waals surface area contributed by atoms with Crippen molar-refractivity contribution in [3.63, 3.8) is 0 Å². The number of ketones is 1. The number of benzene rings is 1. The zero-order chi connectivity index (χ0) is 19.4. The maximum Gasteiger partial charge on any atom is 0.208 e. The van der Waals surface area contributed by atoms with E-state index in [4.69, 9.17) is 9.84 Å². The van der Waals surface area contributed by atoms with Gasteiger partial charge in [-0.05, 0) is 17.7 Å². The molecule has 142 valence electrons. The molecule has 7 nitrogen and oxygen atoms in total. The van der Waals surface area contributed by atoms with Gasteiger partial charge in [-0.3, -0.25) is 9.20 Å². The lowest BCUT2D eigenvalue weighted by molar-refractivity contribution is 0.00881. The minimum atomic E-state index is -1.06. The van der Waals surface area contributed by atoms with E-state index in [-0.39, 0.29) is 25.3 Å². The molecule has 0 aliphatic carbocycles. The molecule has 0 amide bonds. The Morgan fingerprint density at radius 3 is 2.93 bits per heavy atom. The second-order valence-electron chi connectivity index (χ2n) is 5.93. The highest BCUT2D eigenvalue weighted by molar-refractivity contribution is 9.10. The summed E-state index contributed by atoms with van der Waals surface area (Å²) >= 11 is 3.22. The molecule has 0 spiro atoms. The number of hydrogen-bond donors (Lipinski definition) is 2. The van der Waals surface area contributed by atoms with Crippen molar-refractivity contribution < 1.29 is 24.1 Å². The highest BCUT2D eigenvalue weighted by atomic mass is 79.9. The number of nitrogens with zero attached hydrogens (tertiary/aromatic N) is 3. The van der Waals surface area contributed by atoms with Crippen molar-refractivity contribution in [2.45, 2.75) is 12.5 Å². The maximum absolute atomic E-state index is 14.3. The normalized spacial score (nSPS) is 12.4. The standard InChI is InChI=1S/C18H17BrFN3O4/c19-12-2-1-11(15(20)4-12)3-16-18(17(26)9-27-8-14(25)7-24)22-6-13-5-21-10-23(13)16/h1-2,4-6,10,14,24-25H,3,7-9H2/t14-/m1/s1. The second kappa shape index (κ2) is 8.66. The fourth-order valence-electron chi connectivity index (χ4n) is 2.60. The van der Waals surface area contributed by atoms with Crippen molar-refractivity contribution in [2.75, 3.05) is 19.8 Å².